The predicted octanol–water partition coefficient (Wildman–Crippen LogP) is 11.5. The Morgan fingerprint density at radius 1 is 0.480 bits per heavy atom. The fourth-order valence-corrected chi connectivity index (χ4v) is 6.94. The van der Waals surface area contributed by atoms with Crippen LogP contribution in [-0.2, 0) is 0 Å². The van der Waals surface area contributed by atoms with Crippen LogP contribution in [0.3, 0.4) is 0 Å². The van der Waals surface area contributed by atoms with E-state index in [1.165, 1.54) is 10.9 Å². The van der Waals surface area contributed by atoms with Gasteiger partial charge in [0.15, 0.2) is 17.5 Å². The largest absolute Gasteiger partial charge is 0.455 e. The lowest BCUT2D eigenvalue weighted by Gasteiger charge is -2.09. The molecule has 0 N–H and O–H groups in total. The number of benzene rings is 7. The summed E-state index contributed by atoms with van der Waals surface area (Å²) in [5.41, 5.74) is 7.88. The quantitative estimate of drug-likeness (QED) is 0.187. The number of hydrogen-bond acceptors (Lipinski definition) is 4. The van der Waals surface area contributed by atoms with E-state index in [9.17, 15) is 0 Å². The van der Waals surface area contributed by atoms with Crippen LogP contribution in [-0.4, -0.2) is 19.5 Å². The van der Waals surface area contributed by atoms with Crippen molar-refractivity contribution in [2.24, 2.45) is 0 Å². The minimum atomic E-state index is -0.486. The average Bonchev–Trinajstić information content (AvgIpc) is 3.78. The van der Waals surface area contributed by atoms with Crippen molar-refractivity contribution in [1.82, 2.24) is 19.5 Å². The first-order valence-electron chi connectivity index (χ1n) is 18.8. The summed E-state index contributed by atoms with van der Waals surface area (Å²) in [4.78, 5) is 14.3. The molecule has 0 radical (unpaired) electrons. The van der Waals surface area contributed by atoms with Gasteiger partial charge in [0.1, 0.15) is 11.2 Å². The molecule has 5 heteroatoms. The molecule has 0 bridgehead atoms. The monoisotopic (exact) mass is 645 g/mol. The zero-order valence-corrected chi connectivity index (χ0v) is 26.5. The molecule has 0 fully saturated rings. The van der Waals surface area contributed by atoms with Gasteiger partial charge in [-0.25, -0.2) is 15.0 Å². The van der Waals surface area contributed by atoms with Crippen LogP contribution in [0.2, 0.25) is 0 Å². The van der Waals surface area contributed by atoms with Gasteiger partial charge >= 0.3 is 0 Å². The molecule has 5 nitrogen and oxygen atoms in total. The van der Waals surface area contributed by atoms with Crippen LogP contribution in [0, 0.1) is 0 Å². The van der Waals surface area contributed by atoms with Gasteiger partial charge in [0.25, 0.3) is 0 Å². The first-order chi connectivity index (χ1) is 26.9. The average molecular weight is 646 g/mol. The molecule has 0 atom stereocenters. The lowest BCUT2D eigenvalue weighted by atomic mass is 9.99. The molecule has 3 aromatic heterocycles. The molecule has 0 aliphatic rings. The smallest absolute Gasteiger partial charge is 0.167 e. The highest BCUT2D eigenvalue weighted by Crippen LogP contribution is 2.41. The Morgan fingerprint density at radius 3 is 1.94 bits per heavy atom. The minimum absolute atomic E-state index is 0.0301. The highest BCUT2D eigenvalue weighted by molar-refractivity contribution is 6.16. The van der Waals surface area contributed by atoms with E-state index in [0.29, 0.717) is 28.1 Å². The summed E-state index contributed by atoms with van der Waals surface area (Å²) in [7, 11) is 0. The Balaban J connectivity index is 1.19. The van der Waals surface area contributed by atoms with Crippen molar-refractivity contribution in [2.45, 2.75) is 0 Å². The van der Waals surface area contributed by atoms with Gasteiger partial charge in [-0.2, -0.15) is 0 Å². The van der Waals surface area contributed by atoms with Crippen LogP contribution in [0.25, 0.3) is 94.7 Å². The van der Waals surface area contributed by atoms with Crippen LogP contribution < -0.4 is 0 Å². The molecule has 3 heterocycles. The van der Waals surface area contributed by atoms with E-state index in [0.717, 1.165) is 38.4 Å². The number of aromatic nitrogens is 4. The zero-order chi connectivity index (χ0) is 37.4. The van der Waals surface area contributed by atoms with Crippen molar-refractivity contribution >= 4 is 43.7 Å². The van der Waals surface area contributed by atoms with Crippen molar-refractivity contribution in [3.05, 3.63) is 170 Å². The van der Waals surface area contributed by atoms with E-state index >= 15 is 0 Å². The molecule has 0 saturated carbocycles. The highest BCUT2D eigenvalue weighted by atomic mass is 16.3. The summed E-state index contributed by atoms with van der Waals surface area (Å²) < 4.78 is 50.9. The molecular weight excluding hydrogens is 613 g/mol. The number of nitrogens with zero attached hydrogens (tertiary/aromatic N) is 4. The first-order valence-corrected chi connectivity index (χ1v) is 16.3. The Morgan fingerprint density at radius 2 is 1.12 bits per heavy atom. The van der Waals surface area contributed by atoms with Gasteiger partial charge in [-0.05, 0) is 47.5 Å². The summed E-state index contributed by atoms with van der Waals surface area (Å²) in [6.45, 7) is 0. The third-order valence-corrected chi connectivity index (χ3v) is 9.15. The van der Waals surface area contributed by atoms with E-state index in [4.69, 9.17) is 21.2 Å². The summed E-state index contributed by atoms with van der Waals surface area (Å²) in [5, 5.41) is 4.10. The molecule has 0 amide bonds. The summed E-state index contributed by atoms with van der Waals surface area (Å²) in [6.07, 6.45) is 0. The Labute approximate surface area is 294 Å². The van der Waals surface area contributed by atoms with Crippen molar-refractivity contribution in [3.63, 3.8) is 0 Å². The molecule has 0 aliphatic heterocycles. The third-order valence-electron chi connectivity index (χ3n) is 9.15. The van der Waals surface area contributed by atoms with Crippen LogP contribution in [0.1, 0.15) is 6.85 Å². The summed E-state index contributed by atoms with van der Waals surface area (Å²) in [6, 6.07) is 44.5. The second-order valence-corrected chi connectivity index (χ2v) is 12.1. The van der Waals surface area contributed by atoms with E-state index in [1.807, 2.05) is 60.7 Å². The molecule has 0 saturated heterocycles. The molecular formula is C45H28N4O. The van der Waals surface area contributed by atoms with Crippen LogP contribution >= 0.6 is 0 Å². The number of para-hydroxylation sites is 2. The highest BCUT2D eigenvalue weighted by Gasteiger charge is 2.20. The van der Waals surface area contributed by atoms with Crippen molar-refractivity contribution in [3.8, 4) is 51.0 Å². The second kappa shape index (κ2) is 11.4. The lowest BCUT2D eigenvalue weighted by molar-refractivity contribution is 0.669. The van der Waals surface area contributed by atoms with E-state index in [2.05, 4.69) is 88.4 Å². The van der Waals surface area contributed by atoms with Gasteiger partial charge in [-0.3, -0.25) is 0 Å². The fraction of sp³-hybridized carbons (Fsp3) is 0. The van der Waals surface area contributed by atoms with Gasteiger partial charge in [0.05, 0.1) is 23.5 Å². The Bertz CT molecular complexity index is 3130. The van der Waals surface area contributed by atoms with Crippen molar-refractivity contribution in [1.29, 1.82) is 0 Å². The van der Waals surface area contributed by atoms with E-state index in [1.54, 1.807) is 0 Å². The van der Waals surface area contributed by atoms with E-state index in [-0.39, 0.29) is 17.2 Å². The van der Waals surface area contributed by atoms with Gasteiger partial charge in [0.2, 0.25) is 0 Å². The summed E-state index contributed by atoms with van der Waals surface area (Å²) >= 11 is 0. The second-order valence-electron chi connectivity index (χ2n) is 12.1. The molecule has 7 aromatic carbocycles. The normalized spacial score (nSPS) is 13.0. The Kier molecular flexibility index (Phi) is 5.35. The number of rotatable bonds is 5. The first kappa shape index (κ1) is 23.5. The van der Waals surface area contributed by atoms with Gasteiger partial charge < -0.3 is 8.98 Å². The molecule has 0 aliphatic carbocycles. The molecule has 0 spiro atoms. The minimum Gasteiger partial charge on any atom is -0.455 e. The van der Waals surface area contributed by atoms with Gasteiger partial charge in [-0.15, -0.1) is 0 Å². The zero-order valence-electron chi connectivity index (χ0n) is 31.5. The summed E-state index contributed by atoms with van der Waals surface area (Å²) in [5.74, 6) is 0.512. The Hall–Kier alpha value is -6.85. The maximum absolute atomic E-state index is 8.67. The number of hydrogen-bond donors (Lipinski definition) is 0. The molecule has 50 heavy (non-hydrogen) atoms. The lowest BCUT2D eigenvalue weighted by Crippen LogP contribution is -2.00. The van der Waals surface area contributed by atoms with Crippen LogP contribution in [0.5, 0.6) is 0 Å². The fourth-order valence-electron chi connectivity index (χ4n) is 6.94. The predicted molar refractivity (Wildman–Crippen MR) is 203 cm³/mol. The topological polar surface area (TPSA) is 56.7 Å². The molecule has 10 aromatic rings. The van der Waals surface area contributed by atoms with Crippen molar-refractivity contribution < 1.29 is 11.3 Å². The SMILES string of the molecule is [2H]c1c([2H])c([2H])c(-c2nc(-c3ccccc3)nc(-c3cccc4c3oc3ccc(-n5c6ccccc6c6c(-c7ccccc7)cccc65)cc34)n2)c([2H])c1[2H]. The number of furan rings is 1. The molecule has 10 rings (SSSR count). The maximum Gasteiger partial charge on any atom is 0.167 e. The third kappa shape index (κ3) is 4.52. The van der Waals surface area contributed by atoms with Gasteiger partial charge in [-0.1, -0.05) is 133 Å². The van der Waals surface area contributed by atoms with Crippen molar-refractivity contribution in [2.75, 3.05) is 0 Å². The standard InChI is InChI=1S/C45H28N4O/c1-4-14-29(15-5-1)33-21-13-25-39-41(33)35-20-10-11-24-38(35)49(39)32-26-27-40-37(28-32)34-22-12-23-36(42(34)50-40)45-47-43(30-16-6-2-7-17-30)46-44(48-45)31-18-8-3-9-19-31/h1-28H/i2D,6D,7D,16D,17D. The van der Waals surface area contributed by atoms with Crippen LogP contribution in [0.15, 0.2) is 174 Å². The van der Waals surface area contributed by atoms with E-state index < -0.39 is 30.2 Å². The van der Waals surface area contributed by atoms with Crippen LogP contribution in [0.4, 0.5) is 0 Å². The maximum atomic E-state index is 8.67. The number of fused-ring (bicyclic) bond motifs is 6. The molecule has 234 valence electrons. The van der Waals surface area contributed by atoms with Gasteiger partial charge in [0, 0.05) is 38.4 Å². The molecule has 0 unspecified atom stereocenters.